The highest BCUT2D eigenvalue weighted by Gasteiger charge is 2.22. The summed E-state index contributed by atoms with van der Waals surface area (Å²) in [6.45, 7) is 1.69. The Morgan fingerprint density at radius 1 is 1.10 bits per heavy atom. The van der Waals surface area contributed by atoms with E-state index in [9.17, 15) is 8.78 Å². The van der Waals surface area contributed by atoms with Gasteiger partial charge in [-0.3, -0.25) is 0 Å². The van der Waals surface area contributed by atoms with Crippen molar-refractivity contribution in [1.29, 1.82) is 0 Å². The van der Waals surface area contributed by atoms with Gasteiger partial charge in [-0.15, -0.1) is 0 Å². The fourth-order valence-electron chi connectivity index (χ4n) is 1.86. The van der Waals surface area contributed by atoms with Crippen LogP contribution in [-0.4, -0.2) is 6.04 Å². The summed E-state index contributed by atoms with van der Waals surface area (Å²) in [7, 11) is 0. The molecule has 5 heteroatoms. The largest absolute Gasteiger partial charge is 0.481 e. The summed E-state index contributed by atoms with van der Waals surface area (Å²) in [6.07, 6.45) is -0.764. The molecule has 2 aromatic carbocycles. The normalized spacial score (nSPS) is 13.8. The molecule has 0 bridgehead atoms. The van der Waals surface area contributed by atoms with Crippen molar-refractivity contribution in [1.82, 2.24) is 0 Å². The summed E-state index contributed by atoms with van der Waals surface area (Å²) >= 11 is 3.24. The highest BCUT2D eigenvalue weighted by molar-refractivity contribution is 9.10. The van der Waals surface area contributed by atoms with Gasteiger partial charge in [0.2, 0.25) is 0 Å². The third-order valence-corrected chi connectivity index (χ3v) is 3.33. The zero-order chi connectivity index (χ0) is 14.7. The maximum atomic E-state index is 13.8. The van der Waals surface area contributed by atoms with Crippen LogP contribution in [0.3, 0.4) is 0 Å². The molecule has 2 aromatic rings. The summed E-state index contributed by atoms with van der Waals surface area (Å²) < 4.78 is 33.8. The molecule has 0 aliphatic rings. The van der Waals surface area contributed by atoms with Crippen molar-refractivity contribution < 1.29 is 13.5 Å². The van der Waals surface area contributed by atoms with Crippen molar-refractivity contribution in [2.24, 2.45) is 5.73 Å². The quantitative estimate of drug-likeness (QED) is 0.904. The molecule has 0 saturated heterocycles. The molecule has 2 N–H and O–H groups in total. The average molecular weight is 342 g/mol. The molecule has 0 radical (unpaired) electrons. The molecule has 0 amide bonds. The Morgan fingerprint density at radius 2 is 1.80 bits per heavy atom. The molecule has 2 nitrogen and oxygen atoms in total. The van der Waals surface area contributed by atoms with E-state index in [2.05, 4.69) is 15.9 Å². The Labute approximate surface area is 124 Å². The Bertz CT molecular complexity index is 604. The van der Waals surface area contributed by atoms with Gasteiger partial charge in [-0.2, -0.15) is 0 Å². The first-order chi connectivity index (χ1) is 9.49. The van der Waals surface area contributed by atoms with E-state index in [0.29, 0.717) is 10.0 Å². The molecule has 0 aliphatic heterocycles. The lowest BCUT2D eigenvalue weighted by molar-refractivity contribution is 0.168. The van der Waals surface area contributed by atoms with Crippen LogP contribution in [0.15, 0.2) is 46.9 Å². The van der Waals surface area contributed by atoms with Crippen LogP contribution in [0.25, 0.3) is 0 Å². The molecule has 2 atom stereocenters. The molecule has 2 rings (SSSR count). The molecule has 0 fully saturated rings. The Morgan fingerprint density at radius 3 is 2.45 bits per heavy atom. The molecule has 20 heavy (non-hydrogen) atoms. The third-order valence-electron chi connectivity index (χ3n) is 2.84. The minimum atomic E-state index is -0.764. The maximum Gasteiger partial charge on any atom is 0.165 e. The number of benzene rings is 2. The maximum absolute atomic E-state index is 13.8. The van der Waals surface area contributed by atoms with Crippen LogP contribution in [0.2, 0.25) is 0 Å². The first kappa shape index (κ1) is 14.9. The molecule has 0 saturated carbocycles. The average Bonchev–Trinajstić information content (AvgIpc) is 2.40. The lowest BCUT2D eigenvalue weighted by Crippen LogP contribution is -2.30. The van der Waals surface area contributed by atoms with Crippen molar-refractivity contribution in [3.63, 3.8) is 0 Å². The first-order valence-electron chi connectivity index (χ1n) is 6.10. The number of ether oxygens (including phenoxy) is 1. The second-order valence-electron chi connectivity index (χ2n) is 4.49. The summed E-state index contributed by atoms with van der Waals surface area (Å²) in [5, 5.41) is 0. The highest BCUT2D eigenvalue weighted by atomic mass is 79.9. The van der Waals surface area contributed by atoms with Crippen molar-refractivity contribution >= 4 is 15.9 Å². The monoisotopic (exact) mass is 341 g/mol. The van der Waals surface area contributed by atoms with Crippen LogP contribution in [0.1, 0.15) is 18.6 Å². The summed E-state index contributed by atoms with van der Waals surface area (Å²) in [6, 6.07) is 10.0. The number of hydrogen-bond donors (Lipinski definition) is 1. The van der Waals surface area contributed by atoms with E-state index < -0.39 is 23.8 Å². The molecule has 0 spiro atoms. The van der Waals surface area contributed by atoms with Gasteiger partial charge in [0.1, 0.15) is 11.9 Å². The van der Waals surface area contributed by atoms with Gasteiger partial charge in [0, 0.05) is 16.1 Å². The van der Waals surface area contributed by atoms with Crippen molar-refractivity contribution in [2.75, 3.05) is 0 Å². The van der Waals surface area contributed by atoms with Gasteiger partial charge in [0.15, 0.2) is 11.6 Å². The number of rotatable bonds is 4. The van der Waals surface area contributed by atoms with E-state index in [1.54, 1.807) is 31.2 Å². The zero-order valence-electron chi connectivity index (χ0n) is 10.8. The topological polar surface area (TPSA) is 35.2 Å². The van der Waals surface area contributed by atoms with Gasteiger partial charge in [-0.1, -0.05) is 34.1 Å². The molecule has 0 heterocycles. The second kappa shape index (κ2) is 6.33. The number of nitrogens with two attached hydrogens (primary N) is 1. The van der Waals surface area contributed by atoms with Crippen molar-refractivity contribution in [2.45, 2.75) is 19.1 Å². The molecule has 0 aromatic heterocycles. The summed E-state index contributed by atoms with van der Waals surface area (Å²) in [4.78, 5) is 0. The predicted molar refractivity (Wildman–Crippen MR) is 77.5 cm³/mol. The summed E-state index contributed by atoms with van der Waals surface area (Å²) in [5.74, 6) is -0.912. The van der Waals surface area contributed by atoms with Gasteiger partial charge >= 0.3 is 0 Å². The van der Waals surface area contributed by atoms with Crippen LogP contribution in [0.4, 0.5) is 8.78 Å². The Kier molecular flexibility index (Phi) is 4.73. The first-order valence-corrected chi connectivity index (χ1v) is 6.90. The van der Waals surface area contributed by atoms with E-state index in [4.69, 9.17) is 10.5 Å². The van der Waals surface area contributed by atoms with E-state index in [1.807, 2.05) is 0 Å². The van der Waals surface area contributed by atoms with Crippen LogP contribution in [-0.2, 0) is 0 Å². The molecular formula is C15H14BrF2NO. The van der Waals surface area contributed by atoms with Gasteiger partial charge in [-0.05, 0) is 31.2 Å². The van der Waals surface area contributed by atoms with Crippen LogP contribution in [0.5, 0.6) is 5.75 Å². The van der Waals surface area contributed by atoms with Gasteiger partial charge < -0.3 is 10.5 Å². The highest BCUT2D eigenvalue weighted by Crippen LogP contribution is 2.29. The molecule has 106 valence electrons. The molecule has 0 aliphatic carbocycles. The molecular weight excluding hydrogens is 328 g/mol. The SMILES string of the molecule is CC(N)C(Oc1cc(Br)ccc1F)c1ccccc1F. The van der Waals surface area contributed by atoms with Gasteiger partial charge in [0.25, 0.3) is 0 Å². The van der Waals surface area contributed by atoms with Crippen LogP contribution < -0.4 is 10.5 Å². The third kappa shape index (κ3) is 3.35. The van der Waals surface area contributed by atoms with E-state index in [0.717, 1.165) is 0 Å². The van der Waals surface area contributed by atoms with E-state index in [1.165, 1.54) is 18.2 Å². The Balaban J connectivity index is 2.36. The van der Waals surface area contributed by atoms with Crippen LogP contribution in [0, 0.1) is 11.6 Å². The minimum absolute atomic E-state index is 0.0323. The molecule has 2 unspecified atom stereocenters. The van der Waals surface area contributed by atoms with Gasteiger partial charge in [0.05, 0.1) is 0 Å². The fourth-order valence-corrected chi connectivity index (χ4v) is 2.20. The zero-order valence-corrected chi connectivity index (χ0v) is 12.4. The standard InChI is InChI=1S/C15H14BrF2NO/c1-9(19)15(11-4-2-3-5-12(11)17)20-14-8-10(16)6-7-13(14)18/h2-9,15H,19H2,1H3. The van der Waals surface area contributed by atoms with Crippen LogP contribution >= 0.6 is 15.9 Å². The van der Waals surface area contributed by atoms with Crippen molar-refractivity contribution in [3.8, 4) is 5.75 Å². The predicted octanol–water partition coefficient (Wildman–Crippen LogP) is 4.19. The minimum Gasteiger partial charge on any atom is -0.481 e. The number of hydrogen-bond acceptors (Lipinski definition) is 2. The lowest BCUT2D eigenvalue weighted by Gasteiger charge is -2.23. The van der Waals surface area contributed by atoms with Crippen molar-refractivity contribution in [3.05, 3.63) is 64.1 Å². The second-order valence-corrected chi connectivity index (χ2v) is 5.41. The lowest BCUT2D eigenvalue weighted by atomic mass is 10.0. The van der Waals surface area contributed by atoms with Gasteiger partial charge in [-0.25, -0.2) is 8.78 Å². The van der Waals surface area contributed by atoms with E-state index >= 15 is 0 Å². The number of halogens is 3. The smallest absolute Gasteiger partial charge is 0.165 e. The van der Waals surface area contributed by atoms with E-state index in [-0.39, 0.29) is 5.75 Å². The summed E-state index contributed by atoms with van der Waals surface area (Å²) in [5.41, 5.74) is 6.15. The Hall–Kier alpha value is -1.46. The fraction of sp³-hybridized carbons (Fsp3) is 0.200.